The first-order chi connectivity index (χ1) is 14.9. The summed E-state index contributed by atoms with van der Waals surface area (Å²) in [7, 11) is -0.672. The zero-order chi connectivity index (χ0) is 22.6. The summed E-state index contributed by atoms with van der Waals surface area (Å²) >= 11 is 0. The van der Waals surface area contributed by atoms with Crippen LogP contribution in [-0.4, -0.2) is 37.8 Å². The molecule has 0 saturated heterocycles. The molecular formula is C24H37NO5P+. The van der Waals surface area contributed by atoms with E-state index in [0.29, 0.717) is 18.8 Å². The fourth-order valence-corrected chi connectivity index (χ4v) is 5.42. The molecule has 172 valence electrons. The third kappa shape index (κ3) is 9.08. The molecule has 1 amide bonds. The number of ether oxygens (including phenoxy) is 1. The monoisotopic (exact) mass is 450 g/mol. The molecule has 1 aliphatic carbocycles. The Hall–Kier alpha value is -1.78. The predicted molar refractivity (Wildman–Crippen MR) is 122 cm³/mol. The first-order valence-corrected chi connectivity index (χ1v) is 12.8. The van der Waals surface area contributed by atoms with Crippen molar-refractivity contribution < 1.29 is 23.4 Å². The van der Waals surface area contributed by atoms with Crippen molar-refractivity contribution in [1.29, 1.82) is 0 Å². The van der Waals surface area contributed by atoms with Gasteiger partial charge in [0.25, 0.3) is 0 Å². The largest absolute Gasteiger partial charge is 0.509 e. The van der Waals surface area contributed by atoms with Gasteiger partial charge in [-0.2, -0.15) is 0 Å². The maximum atomic E-state index is 12.6. The Bertz CT molecular complexity index is 703. The molecule has 1 aromatic rings. The summed E-state index contributed by atoms with van der Waals surface area (Å²) in [5.41, 5.74) is 1.13. The van der Waals surface area contributed by atoms with Crippen molar-refractivity contribution in [2.75, 3.05) is 19.9 Å². The minimum absolute atomic E-state index is 0.00660. The maximum absolute atomic E-state index is 12.6. The highest BCUT2D eigenvalue weighted by Gasteiger charge is 2.35. The number of hydrogen-bond donors (Lipinski definition) is 1. The van der Waals surface area contributed by atoms with E-state index in [-0.39, 0.29) is 36.6 Å². The number of aryl methyl sites for hydroxylation is 1. The van der Waals surface area contributed by atoms with Gasteiger partial charge in [-0.25, -0.2) is 0 Å². The number of nitrogens with one attached hydrogen (secondary N) is 1. The number of amides is 1. The standard InChI is InChI=1S/C24H36NO5P/c1-18(2)21(24(27)29-3)17-31(28)30-16-22(20-12-8-5-9-13-20)25-23(26)15-14-19-10-6-4-7-11-19/h4,6-7,10-11,18,20-22H,5,8-9,12-17H2,1-3H3/p+1. The Labute approximate surface area is 187 Å². The minimum Gasteiger partial charge on any atom is -0.469 e. The van der Waals surface area contributed by atoms with Gasteiger partial charge in [-0.1, -0.05) is 63.4 Å². The lowest BCUT2D eigenvalue weighted by Gasteiger charge is -2.29. The van der Waals surface area contributed by atoms with Crippen LogP contribution in [0.15, 0.2) is 30.3 Å². The van der Waals surface area contributed by atoms with Gasteiger partial charge in [0.15, 0.2) is 6.16 Å². The molecule has 0 bridgehead atoms. The second kappa shape index (κ2) is 13.6. The fourth-order valence-electron chi connectivity index (χ4n) is 4.10. The van der Waals surface area contributed by atoms with Crippen molar-refractivity contribution in [2.45, 2.75) is 64.8 Å². The van der Waals surface area contributed by atoms with Crippen LogP contribution < -0.4 is 5.32 Å². The molecular weight excluding hydrogens is 413 g/mol. The molecule has 1 aliphatic rings. The van der Waals surface area contributed by atoms with Crippen LogP contribution in [0.1, 0.15) is 57.9 Å². The Kier molecular flexibility index (Phi) is 11.2. The first kappa shape index (κ1) is 25.5. The van der Waals surface area contributed by atoms with Crippen LogP contribution in [-0.2, 0) is 29.8 Å². The zero-order valence-electron chi connectivity index (χ0n) is 19.0. The highest BCUT2D eigenvalue weighted by atomic mass is 31.1. The van der Waals surface area contributed by atoms with E-state index >= 15 is 0 Å². The molecule has 7 heteroatoms. The highest BCUT2D eigenvalue weighted by Crippen LogP contribution is 2.32. The van der Waals surface area contributed by atoms with Gasteiger partial charge in [0.2, 0.25) is 5.91 Å². The molecule has 3 unspecified atom stereocenters. The van der Waals surface area contributed by atoms with Crippen molar-refractivity contribution in [1.82, 2.24) is 5.32 Å². The maximum Gasteiger partial charge on any atom is 0.509 e. The van der Waals surface area contributed by atoms with E-state index in [0.717, 1.165) is 31.2 Å². The van der Waals surface area contributed by atoms with Crippen molar-refractivity contribution in [2.24, 2.45) is 17.8 Å². The minimum atomic E-state index is -2.02. The van der Waals surface area contributed by atoms with Crippen LogP contribution in [0, 0.1) is 17.8 Å². The smallest absolute Gasteiger partial charge is 0.469 e. The average Bonchev–Trinajstić information content (AvgIpc) is 2.79. The van der Waals surface area contributed by atoms with Crippen LogP contribution in [0.2, 0.25) is 0 Å². The molecule has 3 atom stereocenters. The molecule has 0 aromatic heterocycles. The van der Waals surface area contributed by atoms with E-state index in [1.54, 1.807) is 0 Å². The number of carbonyl (C=O) groups excluding carboxylic acids is 2. The lowest BCUT2D eigenvalue weighted by atomic mass is 9.84. The molecule has 6 nitrogen and oxygen atoms in total. The van der Waals surface area contributed by atoms with Gasteiger partial charge in [0, 0.05) is 6.42 Å². The summed E-state index contributed by atoms with van der Waals surface area (Å²) in [5, 5.41) is 3.14. The van der Waals surface area contributed by atoms with Crippen molar-refractivity contribution in [3.05, 3.63) is 35.9 Å². The number of benzene rings is 1. The van der Waals surface area contributed by atoms with Crippen molar-refractivity contribution >= 4 is 19.9 Å². The summed E-state index contributed by atoms with van der Waals surface area (Å²) in [6.07, 6.45) is 6.83. The van der Waals surface area contributed by atoms with Crippen LogP contribution in [0.4, 0.5) is 0 Å². The molecule has 0 spiro atoms. The normalized spacial score (nSPS) is 17.1. The zero-order valence-corrected chi connectivity index (χ0v) is 19.9. The molecule has 1 fully saturated rings. The SMILES string of the molecule is COC(=O)C(C[P+](=O)OCC(NC(=O)CCc1ccccc1)C1CCCCC1)C(C)C. The van der Waals surface area contributed by atoms with Crippen LogP contribution in [0.3, 0.4) is 0 Å². The van der Waals surface area contributed by atoms with Crippen molar-refractivity contribution in [3.63, 3.8) is 0 Å². The predicted octanol–water partition coefficient (Wildman–Crippen LogP) is 4.89. The molecule has 1 aromatic carbocycles. The number of methoxy groups -OCH3 is 1. The van der Waals surface area contributed by atoms with Crippen LogP contribution in [0.25, 0.3) is 0 Å². The lowest BCUT2D eigenvalue weighted by Crippen LogP contribution is -2.44. The second-order valence-electron chi connectivity index (χ2n) is 8.74. The quantitative estimate of drug-likeness (QED) is 0.362. The van der Waals surface area contributed by atoms with E-state index in [9.17, 15) is 14.2 Å². The highest BCUT2D eigenvalue weighted by molar-refractivity contribution is 7.39. The summed E-state index contributed by atoms with van der Waals surface area (Å²) in [6, 6.07) is 9.80. The Morgan fingerprint density at radius 1 is 1.13 bits per heavy atom. The van der Waals surface area contributed by atoms with Gasteiger partial charge in [-0.3, -0.25) is 9.59 Å². The van der Waals surface area contributed by atoms with Crippen LogP contribution in [0.5, 0.6) is 0 Å². The average molecular weight is 451 g/mol. The summed E-state index contributed by atoms with van der Waals surface area (Å²) < 4.78 is 23.1. The van der Waals surface area contributed by atoms with E-state index in [4.69, 9.17) is 9.26 Å². The van der Waals surface area contributed by atoms with Gasteiger partial charge in [0.1, 0.15) is 12.5 Å². The fraction of sp³-hybridized carbons (Fsp3) is 0.667. The Morgan fingerprint density at radius 3 is 2.42 bits per heavy atom. The van der Waals surface area contributed by atoms with E-state index in [1.807, 2.05) is 44.2 Å². The van der Waals surface area contributed by atoms with Gasteiger partial charge < -0.3 is 10.1 Å². The topological polar surface area (TPSA) is 81.7 Å². The molecule has 0 heterocycles. The van der Waals surface area contributed by atoms with Gasteiger partial charge in [-0.15, -0.1) is 4.52 Å². The van der Waals surface area contributed by atoms with Gasteiger partial charge >= 0.3 is 14.0 Å². The lowest BCUT2D eigenvalue weighted by molar-refractivity contribution is -0.146. The summed E-state index contributed by atoms with van der Waals surface area (Å²) in [5.74, 6) is -0.476. The number of carbonyl (C=O) groups is 2. The Balaban J connectivity index is 1.90. The number of rotatable bonds is 12. The Morgan fingerprint density at radius 2 is 1.81 bits per heavy atom. The third-order valence-corrected chi connectivity index (χ3v) is 7.23. The van der Waals surface area contributed by atoms with E-state index in [2.05, 4.69) is 5.32 Å². The summed E-state index contributed by atoms with van der Waals surface area (Å²) in [4.78, 5) is 24.6. The molecule has 0 radical (unpaired) electrons. The van der Waals surface area contributed by atoms with E-state index < -0.39 is 13.9 Å². The molecule has 2 rings (SSSR count). The second-order valence-corrected chi connectivity index (χ2v) is 10.0. The van der Waals surface area contributed by atoms with Gasteiger partial charge in [-0.05, 0) is 41.2 Å². The molecule has 1 N–H and O–H groups in total. The third-order valence-electron chi connectivity index (χ3n) is 6.10. The van der Waals surface area contributed by atoms with E-state index in [1.165, 1.54) is 13.5 Å². The first-order valence-electron chi connectivity index (χ1n) is 11.4. The number of hydrogen-bond acceptors (Lipinski definition) is 5. The van der Waals surface area contributed by atoms with Gasteiger partial charge in [0.05, 0.1) is 13.2 Å². The molecule has 0 aliphatic heterocycles. The summed E-state index contributed by atoms with van der Waals surface area (Å²) in [6.45, 7) is 4.02. The molecule has 1 saturated carbocycles. The molecule has 31 heavy (non-hydrogen) atoms. The number of esters is 1. The van der Waals surface area contributed by atoms with Crippen molar-refractivity contribution in [3.8, 4) is 0 Å². The van der Waals surface area contributed by atoms with Crippen LogP contribution >= 0.6 is 8.03 Å².